The van der Waals surface area contributed by atoms with Gasteiger partial charge in [-0.3, -0.25) is 0 Å². The molecule has 2 rings (SSSR count). The highest BCUT2D eigenvalue weighted by atomic mass is 127. The summed E-state index contributed by atoms with van der Waals surface area (Å²) in [5.74, 6) is 0.731. The third-order valence-electron chi connectivity index (χ3n) is 2.27. The van der Waals surface area contributed by atoms with Gasteiger partial charge in [-0.15, -0.1) is 0 Å². The van der Waals surface area contributed by atoms with Crippen molar-refractivity contribution in [1.82, 2.24) is 4.98 Å². The molecule has 0 aliphatic heterocycles. The van der Waals surface area contributed by atoms with Crippen LogP contribution < -0.4 is 5.73 Å². The molecule has 15 heavy (non-hydrogen) atoms. The number of aromatic nitrogens is 1. The summed E-state index contributed by atoms with van der Waals surface area (Å²) in [7, 11) is 0. The molecule has 1 unspecified atom stereocenters. The zero-order valence-corrected chi connectivity index (χ0v) is 10.2. The summed E-state index contributed by atoms with van der Waals surface area (Å²) in [6.45, 7) is 0.501. The van der Waals surface area contributed by atoms with Gasteiger partial charge in [0.1, 0.15) is 6.26 Å². The molecule has 1 aromatic carbocycles. The number of hydrogen-bond acceptors (Lipinski definition) is 3. The average molecular weight is 314 g/mol. The van der Waals surface area contributed by atoms with E-state index in [0.29, 0.717) is 12.4 Å². The van der Waals surface area contributed by atoms with Gasteiger partial charge in [-0.2, -0.15) is 0 Å². The number of nitrogens with two attached hydrogens (primary N) is 1. The third-order valence-corrected chi connectivity index (χ3v) is 3.25. The van der Waals surface area contributed by atoms with Crippen molar-refractivity contribution < 1.29 is 4.42 Å². The van der Waals surface area contributed by atoms with Crippen molar-refractivity contribution in [2.75, 3.05) is 6.54 Å². The van der Waals surface area contributed by atoms with Crippen LogP contribution in [-0.4, -0.2) is 11.5 Å². The third kappa shape index (κ3) is 2.21. The molecule has 3 nitrogen and oxygen atoms in total. The topological polar surface area (TPSA) is 52.0 Å². The molecule has 0 bridgehead atoms. The number of oxazole rings is 1. The smallest absolute Gasteiger partial charge is 0.202 e. The molecule has 0 saturated heterocycles. The van der Waals surface area contributed by atoms with Gasteiger partial charge in [0.25, 0.3) is 0 Å². The maximum atomic E-state index is 5.76. The number of hydrogen-bond donors (Lipinski definition) is 1. The summed E-state index contributed by atoms with van der Waals surface area (Å²) in [5, 5.41) is 0. The second kappa shape index (κ2) is 4.76. The minimum atomic E-state index is 0.0492. The molecule has 0 spiro atoms. The summed E-state index contributed by atoms with van der Waals surface area (Å²) in [6, 6.07) is 8.13. The lowest BCUT2D eigenvalue weighted by molar-refractivity contribution is 0.471. The first kappa shape index (κ1) is 10.6. The van der Waals surface area contributed by atoms with Crippen molar-refractivity contribution in [3.63, 3.8) is 0 Å². The van der Waals surface area contributed by atoms with Gasteiger partial charge in [-0.1, -0.05) is 18.2 Å². The van der Waals surface area contributed by atoms with E-state index in [1.54, 1.807) is 12.5 Å². The molecule has 1 atom stereocenters. The van der Waals surface area contributed by atoms with Crippen molar-refractivity contribution in [1.29, 1.82) is 0 Å². The highest BCUT2D eigenvalue weighted by Crippen LogP contribution is 2.26. The standard InChI is InChI=1S/C11H11IN2O/c12-10-4-2-1-3-8(10)9(7-13)11-14-5-6-15-11/h1-6,9H,7,13H2. The van der Waals surface area contributed by atoms with Gasteiger partial charge in [0.05, 0.1) is 12.1 Å². The summed E-state index contributed by atoms with van der Waals surface area (Å²) in [4.78, 5) is 4.15. The predicted octanol–water partition coefficient (Wildman–Crippen LogP) is 2.37. The van der Waals surface area contributed by atoms with Crippen LogP contribution in [0.15, 0.2) is 41.1 Å². The Bertz CT molecular complexity index is 428. The van der Waals surface area contributed by atoms with E-state index in [1.165, 1.54) is 9.13 Å². The Kier molecular flexibility index (Phi) is 3.37. The Morgan fingerprint density at radius 3 is 2.80 bits per heavy atom. The number of halogens is 1. The minimum Gasteiger partial charge on any atom is -0.448 e. The molecule has 78 valence electrons. The van der Waals surface area contributed by atoms with E-state index in [1.807, 2.05) is 12.1 Å². The molecule has 0 amide bonds. The maximum absolute atomic E-state index is 5.76. The van der Waals surface area contributed by atoms with Crippen molar-refractivity contribution in [3.8, 4) is 0 Å². The van der Waals surface area contributed by atoms with Crippen LogP contribution in [0.4, 0.5) is 0 Å². The lowest BCUT2D eigenvalue weighted by Gasteiger charge is -2.12. The monoisotopic (exact) mass is 314 g/mol. The molecular formula is C11H11IN2O. The largest absolute Gasteiger partial charge is 0.448 e. The molecule has 1 aromatic heterocycles. The molecule has 0 saturated carbocycles. The fourth-order valence-corrected chi connectivity index (χ4v) is 2.29. The second-order valence-corrected chi connectivity index (χ2v) is 4.34. The molecule has 1 heterocycles. The van der Waals surface area contributed by atoms with Crippen LogP contribution in [0.25, 0.3) is 0 Å². The lowest BCUT2D eigenvalue weighted by atomic mass is 9.99. The Morgan fingerprint density at radius 2 is 2.20 bits per heavy atom. The highest BCUT2D eigenvalue weighted by Gasteiger charge is 2.18. The van der Waals surface area contributed by atoms with E-state index >= 15 is 0 Å². The summed E-state index contributed by atoms with van der Waals surface area (Å²) >= 11 is 2.30. The van der Waals surface area contributed by atoms with Gasteiger partial charge < -0.3 is 10.2 Å². The lowest BCUT2D eigenvalue weighted by Crippen LogP contribution is -2.15. The molecule has 0 aliphatic carbocycles. The molecular weight excluding hydrogens is 303 g/mol. The van der Waals surface area contributed by atoms with Crippen LogP contribution in [0.2, 0.25) is 0 Å². The fourth-order valence-electron chi connectivity index (χ4n) is 1.53. The Hall–Kier alpha value is -0.880. The predicted molar refractivity (Wildman–Crippen MR) is 66.6 cm³/mol. The van der Waals surface area contributed by atoms with E-state index in [0.717, 1.165) is 0 Å². The zero-order valence-electron chi connectivity index (χ0n) is 8.06. The van der Waals surface area contributed by atoms with Crippen molar-refractivity contribution >= 4 is 22.6 Å². The van der Waals surface area contributed by atoms with E-state index in [9.17, 15) is 0 Å². The maximum Gasteiger partial charge on any atom is 0.202 e. The van der Waals surface area contributed by atoms with Crippen LogP contribution in [0.5, 0.6) is 0 Å². The van der Waals surface area contributed by atoms with Gasteiger partial charge in [-0.25, -0.2) is 4.98 Å². The molecule has 0 fully saturated rings. The van der Waals surface area contributed by atoms with Gasteiger partial charge >= 0.3 is 0 Å². The average Bonchev–Trinajstić information content (AvgIpc) is 2.75. The number of rotatable bonds is 3. The van der Waals surface area contributed by atoms with E-state index < -0.39 is 0 Å². The van der Waals surface area contributed by atoms with Gasteiger partial charge in [0.15, 0.2) is 0 Å². The summed E-state index contributed by atoms with van der Waals surface area (Å²) < 4.78 is 6.49. The molecule has 2 aromatic rings. The molecule has 4 heteroatoms. The molecule has 0 radical (unpaired) electrons. The van der Waals surface area contributed by atoms with Gasteiger partial charge in [0, 0.05) is 10.1 Å². The van der Waals surface area contributed by atoms with Crippen molar-refractivity contribution in [2.24, 2.45) is 5.73 Å². The normalized spacial score (nSPS) is 12.7. The Labute approximate surface area is 102 Å². The first-order chi connectivity index (χ1) is 7.33. The van der Waals surface area contributed by atoms with Crippen LogP contribution >= 0.6 is 22.6 Å². The first-order valence-electron chi connectivity index (χ1n) is 4.67. The van der Waals surface area contributed by atoms with E-state index in [4.69, 9.17) is 10.2 Å². The molecule has 2 N–H and O–H groups in total. The van der Waals surface area contributed by atoms with Gasteiger partial charge in [0.2, 0.25) is 5.89 Å². The van der Waals surface area contributed by atoms with Crippen LogP contribution in [-0.2, 0) is 0 Å². The minimum absolute atomic E-state index is 0.0492. The van der Waals surface area contributed by atoms with E-state index in [-0.39, 0.29) is 5.92 Å². The summed E-state index contributed by atoms with van der Waals surface area (Å²) in [5.41, 5.74) is 6.93. The SMILES string of the molecule is NCC(c1ncco1)c1ccccc1I. The fraction of sp³-hybridized carbons (Fsp3) is 0.182. The number of nitrogens with zero attached hydrogens (tertiary/aromatic N) is 1. The van der Waals surface area contributed by atoms with E-state index in [2.05, 4.69) is 39.7 Å². The Balaban J connectivity index is 2.40. The number of benzene rings is 1. The first-order valence-corrected chi connectivity index (χ1v) is 5.74. The van der Waals surface area contributed by atoms with Crippen LogP contribution in [0.1, 0.15) is 17.4 Å². The zero-order chi connectivity index (χ0) is 10.7. The Morgan fingerprint density at radius 1 is 1.40 bits per heavy atom. The second-order valence-electron chi connectivity index (χ2n) is 3.18. The molecule has 0 aliphatic rings. The highest BCUT2D eigenvalue weighted by molar-refractivity contribution is 14.1. The van der Waals surface area contributed by atoms with Crippen LogP contribution in [0.3, 0.4) is 0 Å². The van der Waals surface area contributed by atoms with Crippen molar-refractivity contribution in [3.05, 3.63) is 51.7 Å². The summed E-state index contributed by atoms with van der Waals surface area (Å²) in [6.07, 6.45) is 3.22. The quantitative estimate of drug-likeness (QED) is 0.885. The van der Waals surface area contributed by atoms with Crippen molar-refractivity contribution in [2.45, 2.75) is 5.92 Å². The van der Waals surface area contributed by atoms with Gasteiger partial charge in [-0.05, 0) is 34.2 Å². The van der Waals surface area contributed by atoms with Crippen LogP contribution in [0, 0.1) is 3.57 Å².